The van der Waals surface area contributed by atoms with E-state index in [1.54, 1.807) is 25.1 Å². The summed E-state index contributed by atoms with van der Waals surface area (Å²) in [5, 5.41) is 19.4. The molecule has 0 bridgehead atoms. The molecule has 0 unspecified atom stereocenters. The molecule has 6 heteroatoms. The van der Waals surface area contributed by atoms with Gasteiger partial charge in [-0.1, -0.05) is 6.07 Å². The molecule has 0 saturated carbocycles. The van der Waals surface area contributed by atoms with Crippen molar-refractivity contribution in [3.63, 3.8) is 0 Å². The first-order valence-corrected chi connectivity index (χ1v) is 5.40. The SMILES string of the molecule is Cc1c(Oc2ccc(C#N)nc2)cccc1[N+](=O)[O-]. The molecule has 0 fully saturated rings. The lowest BCUT2D eigenvalue weighted by atomic mass is 10.2. The zero-order valence-corrected chi connectivity index (χ0v) is 10.0. The van der Waals surface area contributed by atoms with Crippen molar-refractivity contribution in [1.82, 2.24) is 4.98 Å². The number of benzene rings is 1. The van der Waals surface area contributed by atoms with Crippen LogP contribution in [0.3, 0.4) is 0 Å². The van der Waals surface area contributed by atoms with Gasteiger partial charge < -0.3 is 4.74 Å². The van der Waals surface area contributed by atoms with Crippen LogP contribution in [0.5, 0.6) is 11.5 Å². The third kappa shape index (κ3) is 2.66. The Kier molecular flexibility index (Phi) is 3.39. The molecule has 94 valence electrons. The van der Waals surface area contributed by atoms with Gasteiger partial charge in [-0.25, -0.2) is 4.98 Å². The number of pyridine rings is 1. The highest BCUT2D eigenvalue weighted by atomic mass is 16.6. The number of rotatable bonds is 3. The van der Waals surface area contributed by atoms with E-state index >= 15 is 0 Å². The van der Waals surface area contributed by atoms with Crippen LogP contribution in [0.15, 0.2) is 36.5 Å². The molecule has 1 aromatic carbocycles. The van der Waals surface area contributed by atoms with Crippen molar-refractivity contribution in [2.24, 2.45) is 0 Å². The molecule has 19 heavy (non-hydrogen) atoms. The Hall–Kier alpha value is -2.94. The molecule has 0 amide bonds. The third-order valence-corrected chi connectivity index (χ3v) is 2.53. The predicted molar refractivity (Wildman–Crippen MR) is 66.9 cm³/mol. The van der Waals surface area contributed by atoms with Gasteiger partial charge in [-0.05, 0) is 25.1 Å². The largest absolute Gasteiger partial charge is 0.455 e. The molecule has 0 aliphatic rings. The highest BCUT2D eigenvalue weighted by Gasteiger charge is 2.14. The van der Waals surface area contributed by atoms with Gasteiger partial charge in [0.15, 0.2) is 0 Å². The minimum absolute atomic E-state index is 0.000829. The number of hydrogen-bond acceptors (Lipinski definition) is 5. The summed E-state index contributed by atoms with van der Waals surface area (Å²) in [5.74, 6) is 0.809. The molecule has 0 atom stereocenters. The van der Waals surface area contributed by atoms with Crippen molar-refractivity contribution in [2.45, 2.75) is 6.92 Å². The number of hydrogen-bond donors (Lipinski definition) is 0. The topological polar surface area (TPSA) is 89.0 Å². The van der Waals surface area contributed by atoms with Gasteiger partial charge in [0.25, 0.3) is 5.69 Å². The maximum absolute atomic E-state index is 10.8. The molecular weight excluding hydrogens is 246 g/mol. The molecule has 0 radical (unpaired) electrons. The normalized spacial score (nSPS) is 9.68. The van der Waals surface area contributed by atoms with Crippen LogP contribution in [0.1, 0.15) is 11.3 Å². The lowest BCUT2D eigenvalue weighted by Crippen LogP contribution is -1.95. The van der Waals surface area contributed by atoms with Gasteiger partial charge in [-0.2, -0.15) is 5.26 Å². The maximum Gasteiger partial charge on any atom is 0.276 e. The zero-order chi connectivity index (χ0) is 13.8. The molecule has 2 aromatic rings. The molecule has 1 aromatic heterocycles. The molecule has 0 aliphatic heterocycles. The van der Waals surface area contributed by atoms with Crippen LogP contribution in [-0.4, -0.2) is 9.91 Å². The maximum atomic E-state index is 10.8. The standard InChI is InChI=1S/C13H9N3O3/c1-9-12(16(17)18)3-2-4-13(9)19-11-6-5-10(7-14)15-8-11/h2-6,8H,1H3. The van der Waals surface area contributed by atoms with Crippen LogP contribution in [0.2, 0.25) is 0 Å². The molecule has 0 N–H and O–H groups in total. The van der Waals surface area contributed by atoms with E-state index in [0.717, 1.165) is 0 Å². The minimum atomic E-state index is -0.459. The zero-order valence-electron chi connectivity index (χ0n) is 10.0. The number of nitriles is 1. The van der Waals surface area contributed by atoms with Crippen molar-refractivity contribution >= 4 is 5.69 Å². The summed E-state index contributed by atoms with van der Waals surface area (Å²) in [5.41, 5.74) is 0.721. The fourth-order valence-corrected chi connectivity index (χ4v) is 1.55. The van der Waals surface area contributed by atoms with Crippen LogP contribution >= 0.6 is 0 Å². The summed E-state index contributed by atoms with van der Waals surface area (Å²) in [6.07, 6.45) is 1.40. The number of ether oxygens (including phenoxy) is 1. The highest BCUT2D eigenvalue weighted by Crippen LogP contribution is 2.30. The predicted octanol–water partition coefficient (Wildman–Crippen LogP) is 2.96. The van der Waals surface area contributed by atoms with Crippen molar-refractivity contribution in [3.05, 3.63) is 57.9 Å². The lowest BCUT2D eigenvalue weighted by Gasteiger charge is -2.08. The Morgan fingerprint density at radius 1 is 1.37 bits per heavy atom. The van der Waals surface area contributed by atoms with Gasteiger partial charge in [-0.3, -0.25) is 10.1 Å². The van der Waals surface area contributed by atoms with E-state index < -0.39 is 4.92 Å². The van der Waals surface area contributed by atoms with Gasteiger partial charge in [0.05, 0.1) is 16.7 Å². The second kappa shape index (κ2) is 5.14. The monoisotopic (exact) mass is 255 g/mol. The summed E-state index contributed by atoms with van der Waals surface area (Å²) in [6, 6.07) is 9.61. The smallest absolute Gasteiger partial charge is 0.276 e. The summed E-state index contributed by atoms with van der Waals surface area (Å²) >= 11 is 0. The minimum Gasteiger partial charge on any atom is -0.455 e. The van der Waals surface area contributed by atoms with E-state index in [0.29, 0.717) is 17.1 Å². The van der Waals surface area contributed by atoms with E-state index in [1.165, 1.54) is 18.3 Å². The van der Waals surface area contributed by atoms with Crippen molar-refractivity contribution in [3.8, 4) is 17.6 Å². The molecule has 0 aliphatic carbocycles. The Morgan fingerprint density at radius 2 is 2.16 bits per heavy atom. The molecule has 6 nitrogen and oxygen atoms in total. The van der Waals surface area contributed by atoms with Crippen molar-refractivity contribution in [1.29, 1.82) is 5.26 Å². The van der Waals surface area contributed by atoms with Crippen molar-refractivity contribution < 1.29 is 9.66 Å². The first kappa shape index (κ1) is 12.5. The van der Waals surface area contributed by atoms with Gasteiger partial charge in [-0.15, -0.1) is 0 Å². The van der Waals surface area contributed by atoms with Crippen LogP contribution in [0, 0.1) is 28.4 Å². The Morgan fingerprint density at radius 3 is 2.74 bits per heavy atom. The van der Waals surface area contributed by atoms with Crippen LogP contribution in [0.25, 0.3) is 0 Å². The average Bonchev–Trinajstić information content (AvgIpc) is 2.41. The molecule has 1 heterocycles. The van der Waals surface area contributed by atoms with E-state index in [4.69, 9.17) is 10.00 Å². The van der Waals surface area contributed by atoms with Crippen LogP contribution in [0.4, 0.5) is 5.69 Å². The van der Waals surface area contributed by atoms with Crippen molar-refractivity contribution in [2.75, 3.05) is 0 Å². The molecule has 2 rings (SSSR count). The first-order chi connectivity index (χ1) is 9.11. The Labute approximate surface area is 109 Å². The Bertz CT molecular complexity index is 660. The number of aromatic nitrogens is 1. The van der Waals surface area contributed by atoms with E-state index in [-0.39, 0.29) is 11.4 Å². The van der Waals surface area contributed by atoms with Gasteiger partial charge in [0, 0.05) is 6.07 Å². The first-order valence-electron chi connectivity index (χ1n) is 5.40. The number of nitro groups is 1. The fraction of sp³-hybridized carbons (Fsp3) is 0.0769. The van der Waals surface area contributed by atoms with Gasteiger partial charge in [0.1, 0.15) is 23.3 Å². The second-order valence-corrected chi connectivity index (χ2v) is 3.75. The summed E-state index contributed by atoms with van der Waals surface area (Å²) in [7, 11) is 0. The second-order valence-electron chi connectivity index (χ2n) is 3.75. The molecule has 0 spiro atoms. The lowest BCUT2D eigenvalue weighted by molar-refractivity contribution is -0.385. The van der Waals surface area contributed by atoms with Crippen LogP contribution < -0.4 is 4.74 Å². The summed E-state index contributed by atoms with van der Waals surface area (Å²) in [4.78, 5) is 14.2. The van der Waals surface area contributed by atoms with E-state index in [9.17, 15) is 10.1 Å². The summed E-state index contributed by atoms with van der Waals surface area (Å²) in [6.45, 7) is 1.62. The van der Waals surface area contributed by atoms with Crippen LogP contribution in [-0.2, 0) is 0 Å². The van der Waals surface area contributed by atoms with E-state index in [2.05, 4.69) is 4.98 Å². The number of nitro benzene ring substituents is 1. The van der Waals surface area contributed by atoms with Gasteiger partial charge >= 0.3 is 0 Å². The quantitative estimate of drug-likeness (QED) is 0.621. The van der Waals surface area contributed by atoms with Gasteiger partial charge in [0.2, 0.25) is 0 Å². The van der Waals surface area contributed by atoms with E-state index in [1.807, 2.05) is 6.07 Å². The molecular formula is C13H9N3O3. The fourth-order valence-electron chi connectivity index (χ4n) is 1.55. The highest BCUT2D eigenvalue weighted by molar-refractivity contribution is 5.49. The third-order valence-electron chi connectivity index (χ3n) is 2.53. The molecule has 0 saturated heterocycles. The number of nitrogens with zero attached hydrogens (tertiary/aromatic N) is 3. The summed E-state index contributed by atoms with van der Waals surface area (Å²) < 4.78 is 5.52. The Balaban J connectivity index is 2.30. The average molecular weight is 255 g/mol.